The molecule has 7 heteroatoms. The fraction of sp³-hybridized carbons (Fsp3) is 0.357. The molecule has 1 atom stereocenters. The van der Waals surface area contributed by atoms with Crippen molar-refractivity contribution in [3.05, 3.63) is 49.7 Å². The first-order valence-corrected chi connectivity index (χ1v) is 8.15. The molecule has 0 aliphatic rings. The first-order chi connectivity index (χ1) is 9.97. The minimum Gasteiger partial charge on any atom is -0.271 e. The Kier molecular flexibility index (Phi) is 5.68. The van der Waals surface area contributed by atoms with Gasteiger partial charge in [0.25, 0.3) is 0 Å². The van der Waals surface area contributed by atoms with Crippen LogP contribution >= 0.6 is 39.1 Å². The number of halogens is 3. The van der Waals surface area contributed by atoms with Crippen LogP contribution in [0.3, 0.4) is 0 Å². The number of nitrogens with zero attached hydrogens (tertiary/aromatic N) is 2. The fourth-order valence-corrected chi connectivity index (χ4v) is 2.91. The van der Waals surface area contributed by atoms with Crippen LogP contribution < -0.4 is 11.3 Å². The van der Waals surface area contributed by atoms with Gasteiger partial charge in [-0.05, 0) is 47.5 Å². The Morgan fingerprint density at radius 1 is 1.43 bits per heavy atom. The van der Waals surface area contributed by atoms with Gasteiger partial charge >= 0.3 is 0 Å². The summed E-state index contributed by atoms with van der Waals surface area (Å²) >= 11 is 15.9. The quantitative estimate of drug-likeness (QED) is 0.597. The minimum absolute atomic E-state index is 0.0884. The summed E-state index contributed by atoms with van der Waals surface area (Å²) in [7, 11) is 0. The van der Waals surface area contributed by atoms with E-state index < -0.39 is 0 Å². The van der Waals surface area contributed by atoms with Crippen molar-refractivity contribution in [3.63, 3.8) is 0 Å². The molecule has 1 unspecified atom stereocenters. The van der Waals surface area contributed by atoms with E-state index in [2.05, 4.69) is 26.5 Å². The number of aryl methyl sites for hydroxylation is 2. The highest BCUT2D eigenvalue weighted by Crippen LogP contribution is 2.29. The number of nitrogens with two attached hydrogens (primary N) is 1. The summed E-state index contributed by atoms with van der Waals surface area (Å²) in [5.74, 6) is 5.71. The predicted molar refractivity (Wildman–Crippen MR) is 90.6 cm³/mol. The standard InChI is InChI=1S/C14H17BrCl2N4/c1-3-21-13(14(17)8(2)20-21)7-12(19-18)9-4-5-10(15)11(16)6-9/h4-6,12,19H,3,7,18H2,1-2H3. The van der Waals surface area contributed by atoms with E-state index in [1.165, 1.54) is 0 Å². The van der Waals surface area contributed by atoms with Crippen LogP contribution in [0.4, 0.5) is 0 Å². The van der Waals surface area contributed by atoms with Crippen LogP contribution in [0.5, 0.6) is 0 Å². The van der Waals surface area contributed by atoms with E-state index in [0.717, 1.165) is 28.0 Å². The molecule has 114 valence electrons. The number of aromatic nitrogens is 2. The third-order valence-electron chi connectivity index (χ3n) is 3.40. The van der Waals surface area contributed by atoms with Crippen LogP contribution in [0.25, 0.3) is 0 Å². The van der Waals surface area contributed by atoms with Gasteiger partial charge in [-0.1, -0.05) is 29.3 Å². The van der Waals surface area contributed by atoms with Gasteiger partial charge in [0.15, 0.2) is 0 Å². The second kappa shape index (κ2) is 7.11. The van der Waals surface area contributed by atoms with E-state index in [4.69, 9.17) is 29.0 Å². The molecule has 2 aromatic rings. The summed E-state index contributed by atoms with van der Waals surface area (Å²) in [6.45, 7) is 4.70. The number of hydrazine groups is 1. The van der Waals surface area contributed by atoms with Crippen molar-refractivity contribution in [1.82, 2.24) is 15.2 Å². The molecular formula is C14H17BrCl2N4. The molecule has 0 saturated carbocycles. The lowest BCUT2D eigenvalue weighted by Crippen LogP contribution is -2.30. The highest BCUT2D eigenvalue weighted by molar-refractivity contribution is 9.10. The average molecular weight is 392 g/mol. The predicted octanol–water partition coefficient (Wildman–Crippen LogP) is 4.03. The lowest BCUT2D eigenvalue weighted by atomic mass is 10.0. The van der Waals surface area contributed by atoms with Crippen molar-refractivity contribution in [2.24, 2.45) is 5.84 Å². The van der Waals surface area contributed by atoms with Crippen LogP contribution in [0.1, 0.15) is 29.9 Å². The maximum Gasteiger partial charge on any atom is 0.0847 e. The molecule has 0 bridgehead atoms. The Labute approximate surface area is 142 Å². The molecule has 21 heavy (non-hydrogen) atoms. The van der Waals surface area contributed by atoms with Gasteiger partial charge in [-0.3, -0.25) is 16.0 Å². The van der Waals surface area contributed by atoms with Crippen LogP contribution in [0.2, 0.25) is 10.0 Å². The number of hydrogen-bond acceptors (Lipinski definition) is 3. The Bertz CT molecular complexity index is 642. The van der Waals surface area contributed by atoms with Gasteiger partial charge in [0.2, 0.25) is 0 Å². The highest BCUT2D eigenvalue weighted by atomic mass is 79.9. The van der Waals surface area contributed by atoms with Crippen molar-refractivity contribution in [1.29, 1.82) is 0 Å². The average Bonchev–Trinajstić information content (AvgIpc) is 2.75. The van der Waals surface area contributed by atoms with E-state index >= 15 is 0 Å². The summed E-state index contributed by atoms with van der Waals surface area (Å²) in [6.07, 6.45) is 0.641. The summed E-state index contributed by atoms with van der Waals surface area (Å²) in [4.78, 5) is 0. The zero-order valence-corrected chi connectivity index (χ0v) is 14.9. The SMILES string of the molecule is CCn1nc(C)c(Cl)c1CC(NN)c1ccc(Br)c(Cl)c1. The van der Waals surface area contributed by atoms with Crippen molar-refractivity contribution >= 4 is 39.1 Å². The molecule has 0 radical (unpaired) electrons. The molecule has 1 aromatic carbocycles. The fourth-order valence-electron chi connectivity index (χ4n) is 2.26. The molecule has 1 heterocycles. The second-order valence-corrected chi connectivity index (χ2v) is 6.40. The first-order valence-electron chi connectivity index (χ1n) is 6.60. The van der Waals surface area contributed by atoms with Gasteiger partial charge in [-0.25, -0.2) is 0 Å². The zero-order valence-electron chi connectivity index (χ0n) is 11.8. The monoisotopic (exact) mass is 390 g/mol. The van der Waals surface area contributed by atoms with Crippen LogP contribution in [0.15, 0.2) is 22.7 Å². The van der Waals surface area contributed by atoms with E-state index in [1.807, 2.05) is 36.7 Å². The maximum absolute atomic E-state index is 6.35. The molecular weight excluding hydrogens is 375 g/mol. The Morgan fingerprint density at radius 3 is 2.71 bits per heavy atom. The van der Waals surface area contributed by atoms with Gasteiger partial charge in [0.1, 0.15) is 0 Å². The highest BCUT2D eigenvalue weighted by Gasteiger charge is 2.19. The van der Waals surface area contributed by atoms with Gasteiger partial charge in [0.05, 0.1) is 27.5 Å². The lowest BCUT2D eigenvalue weighted by Gasteiger charge is -2.18. The first kappa shape index (κ1) is 16.8. The van der Waals surface area contributed by atoms with Gasteiger partial charge in [0, 0.05) is 17.4 Å². The maximum atomic E-state index is 6.35. The van der Waals surface area contributed by atoms with Crippen molar-refractivity contribution in [2.45, 2.75) is 32.9 Å². The van der Waals surface area contributed by atoms with Crippen LogP contribution in [0, 0.1) is 6.92 Å². The molecule has 2 rings (SSSR count). The normalized spacial score (nSPS) is 12.7. The van der Waals surface area contributed by atoms with E-state index in [0.29, 0.717) is 16.5 Å². The smallest absolute Gasteiger partial charge is 0.0847 e. The molecule has 1 aromatic heterocycles. The Balaban J connectivity index is 2.33. The third-order valence-corrected chi connectivity index (χ3v) is 5.12. The van der Waals surface area contributed by atoms with Crippen LogP contribution in [-0.2, 0) is 13.0 Å². The van der Waals surface area contributed by atoms with Crippen molar-refractivity contribution in [2.75, 3.05) is 0 Å². The topological polar surface area (TPSA) is 55.9 Å². The molecule has 0 saturated heterocycles. The van der Waals surface area contributed by atoms with Crippen molar-refractivity contribution < 1.29 is 0 Å². The Hall–Kier alpha value is -0.590. The molecule has 0 aliphatic carbocycles. The van der Waals surface area contributed by atoms with E-state index in [1.54, 1.807) is 0 Å². The number of nitrogens with one attached hydrogen (secondary N) is 1. The second-order valence-electron chi connectivity index (χ2n) is 4.76. The molecule has 0 amide bonds. The molecule has 0 spiro atoms. The van der Waals surface area contributed by atoms with Gasteiger partial charge in [-0.15, -0.1) is 0 Å². The summed E-state index contributed by atoms with van der Waals surface area (Å²) in [5, 5.41) is 5.77. The molecule has 3 N–H and O–H groups in total. The molecule has 0 fully saturated rings. The van der Waals surface area contributed by atoms with E-state index in [-0.39, 0.29) is 6.04 Å². The minimum atomic E-state index is -0.0884. The lowest BCUT2D eigenvalue weighted by molar-refractivity contribution is 0.517. The number of rotatable bonds is 5. The van der Waals surface area contributed by atoms with Crippen LogP contribution in [-0.4, -0.2) is 9.78 Å². The Morgan fingerprint density at radius 2 is 2.14 bits per heavy atom. The van der Waals surface area contributed by atoms with Crippen molar-refractivity contribution in [3.8, 4) is 0 Å². The summed E-state index contributed by atoms with van der Waals surface area (Å²) in [5.41, 5.74) is 5.63. The van der Waals surface area contributed by atoms with Gasteiger partial charge in [-0.2, -0.15) is 5.10 Å². The number of hydrogen-bond donors (Lipinski definition) is 2. The van der Waals surface area contributed by atoms with E-state index in [9.17, 15) is 0 Å². The summed E-state index contributed by atoms with van der Waals surface area (Å²) in [6, 6.07) is 5.69. The number of benzene rings is 1. The zero-order chi connectivity index (χ0) is 15.6. The molecule has 0 aliphatic heterocycles. The molecule has 4 nitrogen and oxygen atoms in total. The third kappa shape index (κ3) is 3.60. The largest absolute Gasteiger partial charge is 0.271 e. The van der Waals surface area contributed by atoms with Gasteiger partial charge < -0.3 is 0 Å². The summed E-state index contributed by atoms with van der Waals surface area (Å²) < 4.78 is 2.76.